The van der Waals surface area contributed by atoms with Crippen molar-refractivity contribution in [3.8, 4) is 0 Å². The van der Waals surface area contributed by atoms with Crippen LogP contribution in [-0.4, -0.2) is 18.8 Å². The molecule has 0 aliphatic heterocycles. The van der Waals surface area contributed by atoms with Crippen LogP contribution in [0.4, 0.5) is 0 Å². The molecule has 116 valence electrons. The van der Waals surface area contributed by atoms with Crippen molar-refractivity contribution in [2.24, 2.45) is 0 Å². The molecule has 1 saturated carbocycles. The van der Waals surface area contributed by atoms with Gasteiger partial charge in [0.2, 0.25) is 10.0 Å². The fourth-order valence-electron chi connectivity index (χ4n) is 2.55. The maximum atomic E-state index is 13.0. The zero-order chi connectivity index (χ0) is 15.7. The second-order valence-corrected chi connectivity index (χ2v) is 7.90. The highest BCUT2D eigenvalue weighted by Gasteiger charge is 2.38. The van der Waals surface area contributed by atoms with Gasteiger partial charge in [-0.05, 0) is 55.5 Å². The number of sulfonamides is 1. The minimum atomic E-state index is -3.44. The van der Waals surface area contributed by atoms with Crippen molar-refractivity contribution in [3.05, 3.63) is 65.2 Å². The number of rotatable bonds is 5. The number of nitrogens with zero attached hydrogens (tertiary/aromatic N) is 1. The third-order valence-corrected chi connectivity index (χ3v) is 6.11. The quantitative estimate of drug-likeness (QED) is 0.844. The summed E-state index contributed by atoms with van der Waals surface area (Å²) in [6.45, 7) is 4.39. The van der Waals surface area contributed by atoms with Crippen LogP contribution in [0, 0.1) is 13.8 Å². The lowest BCUT2D eigenvalue weighted by Gasteiger charge is -2.22. The molecule has 22 heavy (non-hydrogen) atoms. The summed E-state index contributed by atoms with van der Waals surface area (Å²) >= 11 is 0. The van der Waals surface area contributed by atoms with Crippen LogP contribution in [0.15, 0.2) is 53.4 Å². The SMILES string of the molecule is Cc1ccc(S(=O)(=O)N(Cc2ccccc2)C2CC2)cc1C. The van der Waals surface area contributed by atoms with Crippen LogP contribution in [-0.2, 0) is 16.6 Å². The monoisotopic (exact) mass is 315 g/mol. The van der Waals surface area contributed by atoms with Gasteiger partial charge in [-0.25, -0.2) is 8.42 Å². The highest BCUT2D eigenvalue weighted by atomic mass is 32.2. The van der Waals surface area contributed by atoms with Crippen molar-refractivity contribution >= 4 is 10.0 Å². The molecule has 2 aromatic rings. The first-order chi connectivity index (χ1) is 10.5. The molecular weight excluding hydrogens is 294 g/mol. The molecule has 0 atom stereocenters. The number of hydrogen-bond donors (Lipinski definition) is 0. The Morgan fingerprint density at radius 1 is 1.00 bits per heavy atom. The molecule has 2 aromatic carbocycles. The van der Waals surface area contributed by atoms with Gasteiger partial charge in [-0.1, -0.05) is 36.4 Å². The van der Waals surface area contributed by atoms with E-state index in [4.69, 9.17) is 0 Å². The first-order valence-electron chi connectivity index (χ1n) is 7.61. The minimum absolute atomic E-state index is 0.145. The molecule has 3 rings (SSSR count). The normalized spacial score (nSPS) is 15.2. The third-order valence-electron chi connectivity index (χ3n) is 4.22. The van der Waals surface area contributed by atoms with E-state index in [2.05, 4.69) is 0 Å². The van der Waals surface area contributed by atoms with Crippen molar-refractivity contribution < 1.29 is 8.42 Å². The van der Waals surface area contributed by atoms with Crippen LogP contribution in [0.25, 0.3) is 0 Å². The van der Waals surface area contributed by atoms with E-state index >= 15 is 0 Å². The molecule has 0 bridgehead atoms. The van der Waals surface area contributed by atoms with Crippen molar-refractivity contribution in [1.82, 2.24) is 4.31 Å². The molecule has 0 unspecified atom stereocenters. The van der Waals surface area contributed by atoms with Gasteiger partial charge in [-0.15, -0.1) is 0 Å². The van der Waals surface area contributed by atoms with Crippen LogP contribution in [0.1, 0.15) is 29.5 Å². The number of hydrogen-bond acceptors (Lipinski definition) is 2. The first kappa shape index (κ1) is 15.3. The molecule has 0 aromatic heterocycles. The Kier molecular flexibility index (Phi) is 4.06. The van der Waals surface area contributed by atoms with Crippen LogP contribution >= 0.6 is 0 Å². The summed E-state index contributed by atoms with van der Waals surface area (Å²) in [7, 11) is -3.44. The predicted molar refractivity (Wildman–Crippen MR) is 88.1 cm³/mol. The van der Waals surface area contributed by atoms with Gasteiger partial charge in [0.25, 0.3) is 0 Å². The second kappa shape index (κ2) is 5.86. The average molecular weight is 315 g/mol. The van der Waals surface area contributed by atoms with E-state index in [-0.39, 0.29) is 6.04 Å². The van der Waals surface area contributed by atoms with E-state index in [0.29, 0.717) is 11.4 Å². The summed E-state index contributed by atoms with van der Waals surface area (Å²) in [5.41, 5.74) is 3.15. The largest absolute Gasteiger partial charge is 0.243 e. The third kappa shape index (κ3) is 3.08. The van der Waals surface area contributed by atoms with Crippen molar-refractivity contribution in [1.29, 1.82) is 0 Å². The average Bonchev–Trinajstić information content (AvgIpc) is 3.33. The van der Waals surface area contributed by atoms with Gasteiger partial charge in [0.1, 0.15) is 0 Å². The Bertz CT molecular complexity index is 765. The Hall–Kier alpha value is -1.65. The van der Waals surface area contributed by atoms with Crippen LogP contribution in [0.5, 0.6) is 0 Å². The predicted octanol–water partition coefficient (Wildman–Crippen LogP) is 3.66. The molecule has 0 radical (unpaired) electrons. The molecule has 0 amide bonds. The zero-order valence-corrected chi connectivity index (χ0v) is 13.8. The van der Waals surface area contributed by atoms with Gasteiger partial charge in [-0.3, -0.25) is 0 Å². The maximum absolute atomic E-state index is 13.0. The highest BCUT2D eigenvalue weighted by molar-refractivity contribution is 7.89. The Morgan fingerprint density at radius 3 is 2.27 bits per heavy atom. The van der Waals surface area contributed by atoms with E-state index in [1.54, 1.807) is 16.4 Å². The van der Waals surface area contributed by atoms with Crippen molar-refractivity contribution in [2.45, 2.75) is 44.2 Å². The van der Waals surface area contributed by atoms with Gasteiger partial charge in [0, 0.05) is 12.6 Å². The topological polar surface area (TPSA) is 37.4 Å². The highest BCUT2D eigenvalue weighted by Crippen LogP contribution is 2.33. The molecule has 4 heteroatoms. The fourth-order valence-corrected chi connectivity index (χ4v) is 4.30. The lowest BCUT2D eigenvalue weighted by molar-refractivity contribution is 0.398. The van der Waals surface area contributed by atoms with E-state index < -0.39 is 10.0 Å². The summed E-state index contributed by atoms with van der Waals surface area (Å²) in [6.07, 6.45) is 1.91. The fraction of sp³-hybridized carbons (Fsp3) is 0.333. The van der Waals surface area contributed by atoms with Gasteiger partial charge in [0.05, 0.1) is 4.90 Å². The van der Waals surface area contributed by atoms with Gasteiger partial charge in [0.15, 0.2) is 0 Å². The van der Waals surface area contributed by atoms with Gasteiger partial charge < -0.3 is 0 Å². The standard InChI is InChI=1S/C18H21NO2S/c1-14-8-11-18(12-15(14)2)22(20,21)19(17-9-10-17)13-16-6-4-3-5-7-16/h3-8,11-12,17H,9-10,13H2,1-2H3. The Morgan fingerprint density at radius 2 is 1.68 bits per heavy atom. The van der Waals surface area contributed by atoms with Gasteiger partial charge >= 0.3 is 0 Å². The smallest absolute Gasteiger partial charge is 0.207 e. The zero-order valence-electron chi connectivity index (χ0n) is 13.0. The van der Waals surface area contributed by atoms with Crippen molar-refractivity contribution in [2.75, 3.05) is 0 Å². The molecule has 3 nitrogen and oxygen atoms in total. The molecular formula is C18H21NO2S. The maximum Gasteiger partial charge on any atom is 0.243 e. The summed E-state index contributed by atoms with van der Waals surface area (Å²) in [6, 6.07) is 15.3. The lowest BCUT2D eigenvalue weighted by Crippen LogP contribution is -2.32. The lowest BCUT2D eigenvalue weighted by atomic mass is 10.1. The van der Waals surface area contributed by atoms with Gasteiger partial charge in [-0.2, -0.15) is 4.31 Å². The van der Waals surface area contributed by atoms with Crippen LogP contribution in [0.3, 0.4) is 0 Å². The summed E-state index contributed by atoms with van der Waals surface area (Å²) in [4.78, 5) is 0.401. The molecule has 0 saturated heterocycles. The van der Waals surface area contributed by atoms with E-state index in [0.717, 1.165) is 29.5 Å². The summed E-state index contributed by atoms with van der Waals surface area (Å²) < 4.78 is 27.7. The summed E-state index contributed by atoms with van der Waals surface area (Å²) in [5.74, 6) is 0. The van der Waals surface area contributed by atoms with Crippen LogP contribution < -0.4 is 0 Å². The van der Waals surface area contributed by atoms with Crippen LogP contribution in [0.2, 0.25) is 0 Å². The minimum Gasteiger partial charge on any atom is -0.207 e. The Balaban J connectivity index is 1.94. The Labute approximate surface area is 132 Å². The summed E-state index contributed by atoms with van der Waals surface area (Å²) in [5, 5.41) is 0. The molecule has 0 spiro atoms. The van der Waals surface area contributed by atoms with E-state index in [1.165, 1.54) is 0 Å². The van der Waals surface area contributed by atoms with E-state index in [9.17, 15) is 8.42 Å². The molecule has 0 heterocycles. The van der Waals surface area contributed by atoms with Crippen molar-refractivity contribution in [3.63, 3.8) is 0 Å². The molecule has 1 aliphatic rings. The first-order valence-corrected chi connectivity index (χ1v) is 9.05. The van der Waals surface area contributed by atoms with E-state index in [1.807, 2.05) is 50.2 Å². The number of benzene rings is 2. The molecule has 1 fully saturated rings. The second-order valence-electron chi connectivity index (χ2n) is 6.01. The molecule has 0 N–H and O–H groups in total. The number of aryl methyl sites for hydroxylation is 2. The molecule has 1 aliphatic carbocycles.